The molecule has 3 rings (SSSR count). The third-order valence-corrected chi connectivity index (χ3v) is 3.38. The summed E-state index contributed by atoms with van der Waals surface area (Å²) in [6.07, 6.45) is 0.443. The zero-order valence-corrected chi connectivity index (χ0v) is 10.4. The number of hydrogen-bond acceptors (Lipinski definition) is 3. The topological polar surface area (TPSA) is 55.1 Å². The summed E-state index contributed by atoms with van der Waals surface area (Å²) in [5, 5.41) is 6.66. The van der Waals surface area contributed by atoms with Gasteiger partial charge in [-0.05, 0) is 19.4 Å². The van der Waals surface area contributed by atoms with Crippen LogP contribution in [0.5, 0.6) is 0 Å². The summed E-state index contributed by atoms with van der Waals surface area (Å²) in [4.78, 5) is 11.7. The molecule has 2 aromatic rings. The highest BCUT2D eigenvalue weighted by atomic mass is 16.5. The van der Waals surface area contributed by atoms with Crippen molar-refractivity contribution in [3.63, 3.8) is 0 Å². The number of hydrogen-bond donors (Lipinski definition) is 1. The number of amides is 1. The maximum Gasteiger partial charge on any atom is 0.235 e. The first-order valence-corrected chi connectivity index (χ1v) is 5.97. The summed E-state index contributed by atoms with van der Waals surface area (Å²) in [5.41, 5.74) is 4.18. The highest BCUT2D eigenvalue weighted by molar-refractivity contribution is 5.93. The van der Waals surface area contributed by atoms with Gasteiger partial charge in [-0.2, -0.15) is 0 Å². The molecule has 0 saturated heterocycles. The Bertz CT molecular complexity index is 599. The normalized spacial score (nSPS) is 18.3. The van der Waals surface area contributed by atoms with Crippen LogP contribution in [0.4, 0.5) is 5.88 Å². The molecule has 4 nitrogen and oxygen atoms in total. The van der Waals surface area contributed by atoms with E-state index >= 15 is 0 Å². The number of aryl methyl sites for hydroxylation is 2. The van der Waals surface area contributed by atoms with Crippen LogP contribution in [0.1, 0.15) is 34.7 Å². The number of carbonyl (C=O) groups is 1. The fraction of sp³-hybridized carbons (Fsp3) is 0.286. The minimum Gasteiger partial charge on any atom is -0.338 e. The van der Waals surface area contributed by atoms with Gasteiger partial charge in [0.05, 0.1) is 5.69 Å². The number of nitrogens with zero attached hydrogens (tertiary/aromatic N) is 1. The quantitative estimate of drug-likeness (QED) is 0.836. The van der Waals surface area contributed by atoms with Gasteiger partial charge in [-0.1, -0.05) is 35.0 Å². The molecule has 4 heteroatoms. The summed E-state index contributed by atoms with van der Waals surface area (Å²) in [7, 11) is 0. The van der Waals surface area contributed by atoms with E-state index in [1.807, 2.05) is 13.8 Å². The molecule has 1 N–H and O–H groups in total. The Morgan fingerprint density at radius 2 is 2.00 bits per heavy atom. The van der Waals surface area contributed by atoms with Gasteiger partial charge in [0.25, 0.3) is 0 Å². The van der Waals surface area contributed by atoms with Crippen LogP contribution in [0.15, 0.2) is 28.8 Å². The van der Waals surface area contributed by atoms with E-state index in [0.29, 0.717) is 12.3 Å². The lowest BCUT2D eigenvalue weighted by atomic mass is 9.86. The van der Waals surface area contributed by atoms with E-state index in [4.69, 9.17) is 4.52 Å². The maximum absolute atomic E-state index is 11.7. The van der Waals surface area contributed by atoms with E-state index in [-0.39, 0.29) is 11.8 Å². The average Bonchev–Trinajstić information content (AvgIpc) is 2.71. The van der Waals surface area contributed by atoms with E-state index in [1.54, 1.807) is 0 Å². The predicted octanol–water partition coefficient (Wildman–Crippen LogP) is 2.77. The zero-order valence-electron chi connectivity index (χ0n) is 10.4. The molecule has 1 unspecified atom stereocenters. The van der Waals surface area contributed by atoms with Crippen molar-refractivity contribution in [2.75, 3.05) is 5.32 Å². The molecule has 1 aliphatic heterocycles. The lowest BCUT2D eigenvalue weighted by Crippen LogP contribution is -2.22. The molecule has 1 aliphatic rings. The molecule has 2 heterocycles. The molecule has 92 valence electrons. The second kappa shape index (κ2) is 3.98. The van der Waals surface area contributed by atoms with Crippen LogP contribution in [0.3, 0.4) is 0 Å². The number of benzene rings is 1. The van der Waals surface area contributed by atoms with Crippen LogP contribution in [0, 0.1) is 13.8 Å². The van der Waals surface area contributed by atoms with Gasteiger partial charge in [0.1, 0.15) is 0 Å². The zero-order chi connectivity index (χ0) is 12.7. The monoisotopic (exact) mass is 242 g/mol. The SMILES string of the molecule is Cc1ccc(C2CC(=O)Nc3onc(C)c32)cc1. The molecule has 18 heavy (non-hydrogen) atoms. The first-order chi connectivity index (χ1) is 8.65. The minimum atomic E-state index is -0.0239. The van der Waals surface area contributed by atoms with Crippen LogP contribution in [-0.4, -0.2) is 11.1 Å². The standard InChI is InChI=1S/C14H14N2O2/c1-8-3-5-10(6-4-8)11-7-12(17)15-14-13(11)9(2)16-18-14/h3-6,11H,7H2,1-2H3,(H,15,17). The molecule has 0 spiro atoms. The van der Waals surface area contributed by atoms with E-state index in [0.717, 1.165) is 16.8 Å². The number of fused-ring (bicyclic) bond motifs is 1. The number of aromatic nitrogens is 1. The summed E-state index contributed by atoms with van der Waals surface area (Å²) < 4.78 is 5.15. The van der Waals surface area contributed by atoms with Crippen molar-refractivity contribution in [1.29, 1.82) is 0 Å². The van der Waals surface area contributed by atoms with Gasteiger partial charge >= 0.3 is 0 Å². The number of rotatable bonds is 1. The van der Waals surface area contributed by atoms with Crippen LogP contribution < -0.4 is 5.32 Å². The van der Waals surface area contributed by atoms with E-state index in [9.17, 15) is 4.79 Å². The van der Waals surface area contributed by atoms with Gasteiger partial charge in [0.2, 0.25) is 11.8 Å². The molecule has 0 fully saturated rings. The van der Waals surface area contributed by atoms with Gasteiger partial charge in [0.15, 0.2) is 0 Å². The lowest BCUT2D eigenvalue weighted by molar-refractivity contribution is -0.116. The molecular weight excluding hydrogens is 228 g/mol. The van der Waals surface area contributed by atoms with Crippen LogP contribution in [-0.2, 0) is 4.79 Å². The Labute approximate surface area is 105 Å². The smallest absolute Gasteiger partial charge is 0.235 e. The fourth-order valence-electron chi connectivity index (χ4n) is 2.43. The summed E-state index contributed by atoms with van der Waals surface area (Å²) in [6, 6.07) is 8.25. The van der Waals surface area contributed by atoms with Crippen molar-refractivity contribution in [3.8, 4) is 0 Å². The fourth-order valence-corrected chi connectivity index (χ4v) is 2.43. The van der Waals surface area contributed by atoms with Crippen LogP contribution in [0.2, 0.25) is 0 Å². The molecule has 1 aromatic carbocycles. The van der Waals surface area contributed by atoms with Crippen molar-refractivity contribution < 1.29 is 9.32 Å². The number of nitrogens with one attached hydrogen (secondary N) is 1. The number of anilines is 1. The van der Waals surface area contributed by atoms with Gasteiger partial charge in [-0.15, -0.1) is 0 Å². The first-order valence-electron chi connectivity index (χ1n) is 5.97. The highest BCUT2D eigenvalue weighted by Gasteiger charge is 2.31. The Balaban J connectivity index is 2.09. The van der Waals surface area contributed by atoms with Crippen molar-refractivity contribution in [1.82, 2.24) is 5.16 Å². The Morgan fingerprint density at radius 1 is 1.28 bits per heavy atom. The molecular formula is C14H14N2O2. The molecule has 1 aromatic heterocycles. The van der Waals surface area contributed by atoms with Crippen molar-refractivity contribution in [2.45, 2.75) is 26.2 Å². The third kappa shape index (κ3) is 1.70. The lowest BCUT2D eigenvalue weighted by Gasteiger charge is -2.21. The first kappa shape index (κ1) is 11.0. The van der Waals surface area contributed by atoms with E-state index < -0.39 is 0 Å². The van der Waals surface area contributed by atoms with Crippen LogP contribution >= 0.6 is 0 Å². The molecule has 1 atom stereocenters. The summed E-state index contributed by atoms with van der Waals surface area (Å²) in [5.74, 6) is 0.513. The van der Waals surface area contributed by atoms with Crippen molar-refractivity contribution in [2.24, 2.45) is 0 Å². The number of carbonyl (C=O) groups excluding carboxylic acids is 1. The van der Waals surface area contributed by atoms with E-state index in [1.165, 1.54) is 5.56 Å². The van der Waals surface area contributed by atoms with Gasteiger partial charge < -0.3 is 4.52 Å². The van der Waals surface area contributed by atoms with Gasteiger partial charge in [-0.25, -0.2) is 0 Å². The van der Waals surface area contributed by atoms with Gasteiger partial charge in [0, 0.05) is 17.9 Å². The van der Waals surface area contributed by atoms with Crippen molar-refractivity contribution in [3.05, 3.63) is 46.6 Å². The predicted molar refractivity (Wildman–Crippen MR) is 67.5 cm³/mol. The van der Waals surface area contributed by atoms with Crippen LogP contribution in [0.25, 0.3) is 0 Å². The molecule has 0 aliphatic carbocycles. The third-order valence-electron chi connectivity index (χ3n) is 3.38. The minimum absolute atomic E-state index is 0.0239. The average molecular weight is 242 g/mol. The maximum atomic E-state index is 11.7. The molecule has 0 radical (unpaired) electrons. The Kier molecular flexibility index (Phi) is 2.44. The second-order valence-corrected chi connectivity index (χ2v) is 4.73. The van der Waals surface area contributed by atoms with E-state index in [2.05, 4.69) is 34.7 Å². The summed E-state index contributed by atoms with van der Waals surface area (Å²) in [6.45, 7) is 3.95. The Hall–Kier alpha value is -2.10. The van der Waals surface area contributed by atoms with Gasteiger partial charge in [-0.3, -0.25) is 10.1 Å². The summed E-state index contributed by atoms with van der Waals surface area (Å²) >= 11 is 0. The Morgan fingerprint density at radius 3 is 2.72 bits per heavy atom. The largest absolute Gasteiger partial charge is 0.338 e. The highest BCUT2D eigenvalue weighted by Crippen LogP contribution is 2.38. The molecule has 1 amide bonds. The second-order valence-electron chi connectivity index (χ2n) is 4.73. The molecule has 0 saturated carbocycles. The molecule has 0 bridgehead atoms. The van der Waals surface area contributed by atoms with Crippen molar-refractivity contribution >= 4 is 11.8 Å².